The molecule has 0 bridgehead atoms. The minimum absolute atomic E-state index is 0.115. The first-order valence-corrected chi connectivity index (χ1v) is 5.24. The van der Waals surface area contributed by atoms with Crippen molar-refractivity contribution in [2.45, 2.75) is 25.0 Å². The molecule has 0 aromatic carbocycles. The van der Waals surface area contributed by atoms with Gasteiger partial charge in [-0.2, -0.15) is 12.6 Å². The lowest BCUT2D eigenvalue weighted by molar-refractivity contribution is -0.129. The zero-order valence-electron chi connectivity index (χ0n) is 7.94. The fourth-order valence-corrected chi connectivity index (χ4v) is 1.88. The second-order valence-corrected chi connectivity index (χ2v) is 4.40. The van der Waals surface area contributed by atoms with Crippen LogP contribution in [0.25, 0.3) is 0 Å². The summed E-state index contributed by atoms with van der Waals surface area (Å²) in [4.78, 5) is 13.3. The Labute approximate surface area is 84.5 Å². The first-order chi connectivity index (χ1) is 6.15. The Morgan fingerprint density at radius 1 is 1.77 bits per heavy atom. The van der Waals surface area contributed by atoms with Crippen molar-refractivity contribution in [1.82, 2.24) is 4.90 Å². The van der Waals surface area contributed by atoms with E-state index in [1.807, 2.05) is 4.90 Å². The van der Waals surface area contributed by atoms with Crippen molar-refractivity contribution in [3.63, 3.8) is 0 Å². The molecule has 4 heteroatoms. The molecular weight excluding hydrogens is 186 g/mol. The summed E-state index contributed by atoms with van der Waals surface area (Å²) in [5.41, 5.74) is 0. The van der Waals surface area contributed by atoms with E-state index < -0.39 is 0 Å². The maximum Gasteiger partial charge on any atom is 0.235 e. The van der Waals surface area contributed by atoms with Gasteiger partial charge in [-0.05, 0) is 25.7 Å². The molecule has 0 aliphatic carbocycles. The maximum atomic E-state index is 11.5. The van der Waals surface area contributed by atoms with Crippen LogP contribution in [0.4, 0.5) is 0 Å². The van der Waals surface area contributed by atoms with Crippen LogP contribution in [0.1, 0.15) is 19.8 Å². The Morgan fingerprint density at radius 2 is 2.46 bits per heavy atom. The molecule has 76 valence electrons. The lowest BCUT2D eigenvalue weighted by Gasteiger charge is -2.18. The third-order valence-corrected chi connectivity index (χ3v) is 2.71. The molecule has 1 saturated heterocycles. The molecular formula is C9H17NO2S. The smallest absolute Gasteiger partial charge is 0.235 e. The van der Waals surface area contributed by atoms with Gasteiger partial charge < -0.3 is 10.0 Å². The second-order valence-electron chi connectivity index (χ2n) is 3.63. The average molecular weight is 203 g/mol. The molecule has 2 unspecified atom stereocenters. The van der Waals surface area contributed by atoms with Crippen molar-refractivity contribution >= 4 is 18.5 Å². The van der Waals surface area contributed by atoms with Crippen LogP contribution in [0.15, 0.2) is 0 Å². The Balaban J connectivity index is 2.36. The Morgan fingerprint density at radius 3 is 3.00 bits per heavy atom. The lowest BCUT2D eigenvalue weighted by Crippen LogP contribution is -2.33. The summed E-state index contributed by atoms with van der Waals surface area (Å²) in [7, 11) is 0. The van der Waals surface area contributed by atoms with Crippen LogP contribution in [0, 0.1) is 5.92 Å². The largest absolute Gasteiger partial charge is 0.396 e. The highest BCUT2D eigenvalue weighted by Crippen LogP contribution is 2.20. The van der Waals surface area contributed by atoms with Gasteiger partial charge in [0.15, 0.2) is 0 Å². The number of carbonyl (C=O) groups excluding carboxylic acids is 1. The maximum absolute atomic E-state index is 11.5. The number of hydrogen-bond acceptors (Lipinski definition) is 3. The van der Waals surface area contributed by atoms with Gasteiger partial charge in [-0.1, -0.05) is 0 Å². The molecule has 0 aromatic rings. The molecule has 1 rings (SSSR count). The first-order valence-electron chi connectivity index (χ1n) is 4.73. The van der Waals surface area contributed by atoms with Crippen molar-refractivity contribution in [1.29, 1.82) is 0 Å². The van der Waals surface area contributed by atoms with Gasteiger partial charge in [-0.3, -0.25) is 4.79 Å². The van der Waals surface area contributed by atoms with Crippen LogP contribution in [0.2, 0.25) is 0 Å². The van der Waals surface area contributed by atoms with Crippen molar-refractivity contribution in [3.8, 4) is 0 Å². The van der Waals surface area contributed by atoms with Crippen LogP contribution in [0.3, 0.4) is 0 Å². The summed E-state index contributed by atoms with van der Waals surface area (Å²) in [6, 6.07) is 0. The molecule has 1 aliphatic rings. The van der Waals surface area contributed by atoms with Gasteiger partial charge in [0, 0.05) is 19.7 Å². The van der Waals surface area contributed by atoms with Crippen LogP contribution < -0.4 is 0 Å². The zero-order valence-corrected chi connectivity index (χ0v) is 8.83. The zero-order chi connectivity index (χ0) is 9.84. The van der Waals surface area contributed by atoms with Gasteiger partial charge in [0.1, 0.15) is 0 Å². The van der Waals surface area contributed by atoms with Crippen molar-refractivity contribution < 1.29 is 9.90 Å². The lowest BCUT2D eigenvalue weighted by atomic mass is 10.1. The summed E-state index contributed by atoms with van der Waals surface area (Å²) < 4.78 is 0. The van der Waals surface area contributed by atoms with E-state index in [-0.39, 0.29) is 17.8 Å². The third kappa shape index (κ3) is 2.88. The highest BCUT2D eigenvalue weighted by molar-refractivity contribution is 7.81. The highest BCUT2D eigenvalue weighted by Gasteiger charge is 2.27. The topological polar surface area (TPSA) is 40.5 Å². The molecule has 1 N–H and O–H groups in total. The summed E-state index contributed by atoms with van der Waals surface area (Å²) in [6.45, 7) is 3.65. The van der Waals surface area contributed by atoms with E-state index in [0.717, 1.165) is 25.9 Å². The number of likely N-dealkylation sites (tertiary alicyclic amines) is 1. The molecule has 0 saturated carbocycles. The molecule has 3 nitrogen and oxygen atoms in total. The first kappa shape index (κ1) is 10.9. The monoisotopic (exact) mass is 203 g/mol. The summed E-state index contributed by atoms with van der Waals surface area (Å²) >= 11 is 4.11. The predicted molar refractivity (Wildman–Crippen MR) is 54.8 cm³/mol. The van der Waals surface area contributed by atoms with Crippen LogP contribution in [0.5, 0.6) is 0 Å². The Hall–Kier alpha value is -0.220. The Bertz CT molecular complexity index is 184. The number of aliphatic hydroxyl groups is 1. The van der Waals surface area contributed by atoms with Crippen LogP contribution in [-0.4, -0.2) is 40.9 Å². The Kier molecular flexibility index (Phi) is 4.06. The number of hydrogen-bond donors (Lipinski definition) is 2. The quantitative estimate of drug-likeness (QED) is 0.657. The summed E-state index contributed by atoms with van der Waals surface area (Å²) in [5.74, 6) is 0.602. The standard InChI is InChI=1S/C9H17NO2S/c1-7(13)9(12)10-4-2-8(6-10)3-5-11/h7-8,11,13H,2-6H2,1H3. The molecule has 1 aliphatic heterocycles. The van der Waals surface area contributed by atoms with E-state index in [1.165, 1.54) is 0 Å². The SMILES string of the molecule is CC(S)C(=O)N1CCC(CCO)C1. The molecule has 2 atom stereocenters. The van der Waals surface area contributed by atoms with E-state index >= 15 is 0 Å². The van der Waals surface area contributed by atoms with Crippen molar-refractivity contribution in [2.75, 3.05) is 19.7 Å². The van der Waals surface area contributed by atoms with E-state index in [2.05, 4.69) is 12.6 Å². The summed E-state index contributed by atoms with van der Waals surface area (Å²) in [6.07, 6.45) is 1.83. The van der Waals surface area contributed by atoms with Crippen molar-refractivity contribution in [2.24, 2.45) is 5.92 Å². The molecule has 1 fully saturated rings. The number of amides is 1. The van der Waals surface area contributed by atoms with Gasteiger partial charge in [-0.25, -0.2) is 0 Å². The van der Waals surface area contributed by atoms with E-state index in [0.29, 0.717) is 5.92 Å². The molecule has 1 heterocycles. The van der Waals surface area contributed by atoms with Gasteiger partial charge >= 0.3 is 0 Å². The van der Waals surface area contributed by atoms with Crippen LogP contribution in [-0.2, 0) is 4.79 Å². The van der Waals surface area contributed by atoms with Gasteiger partial charge in [-0.15, -0.1) is 0 Å². The van der Waals surface area contributed by atoms with Gasteiger partial charge in [0.25, 0.3) is 0 Å². The minimum atomic E-state index is -0.201. The molecule has 1 amide bonds. The van der Waals surface area contributed by atoms with Crippen LogP contribution >= 0.6 is 12.6 Å². The van der Waals surface area contributed by atoms with Crippen molar-refractivity contribution in [3.05, 3.63) is 0 Å². The predicted octanol–water partition coefficient (Wildman–Crippen LogP) is 0.536. The van der Waals surface area contributed by atoms with E-state index in [1.54, 1.807) is 6.92 Å². The number of aliphatic hydroxyl groups excluding tert-OH is 1. The minimum Gasteiger partial charge on any atom is -0.396 e. The fraction of sp³-hybridized carbons (Fsp3) is 0.889. The van der Waals surface area contributed by atoms with E-state index in [4.69, 9.17) is 5.11 Å². The van der Waals surface area contributed by atoms with E-state index in [9.17, 15) is 4.79 Å². The molecule has 0 radical (unpaired) electrons. The number of nitrogens with zero attached hydrogens (tertiary/aromatic N) is 1. The highest BCUT2D eigenvalue weighted by atomic mass is 32.1. The van der Waals surface area contributed by atoms with Gasteiger partial charge in [0.05, 0.1) is 5.25 Å². The normalized spacial score (nSPS) is 24.8. The number of carbonyl (C=O) groups is 1. The molecule has 13 heavy (non-hydrogen) atoms. The average Bonchev–Trinajstić information content (AvgIpc) is 2.52. The summed E-state index contributed by atoms with van der Waals surface area (Å²) in [5, 5.41) is 8.54. The fourth-order valence-electron chi connectivity index (χ4n) is 1.72. The molecule has 0 aromatic heterocycles. The number of thiol groups is 1. The third-order valence-electron chi connectivity index (χ3n) is 2.49. The second kappa shape index (κ2) is 4.86. The number of rotatable bonds is 3. The molecule has 0 spiro atoms. The van der Waals surface area contributed by atoms with Gasteiger partial charge in [0.2, 0.25) is 5.91 Å².